The zero-order valence-electron chi connectivity index (χ0n) is 8.76. The third kappa shape index (κ3) is 6.31. The average Bonchev–Trinajstić information content (AvgIpc) is 2.04. The molecule has 0 aromatic heterocycles. The molecule has 0 aliphatic rings. The molecule has 0 spiro atoms. The Balaban J connectivity index is 3.78. The van der Waals surface area contributed by atoms with Crippen LogP contribution in [-0.2, 0) is 19.3 Å². The average molecular weight is 226 g/mol. The summed E-state index contributed by atoms with van der Waals surface area (Å²) < 4.78 is 31.2. The van der Waals surface area contributed by atoms with Crippen LogP contribution < -0.4 is 0 Å². The normalized spacial score (nSPS) is 14.6. The van der Waals surface area contributed by atoms with Crippen LogP contribution in [0.25, 0.3) is 0 Å². The lowest BCUT2D eigenvalue weighted by Gasteiger charge is -2.19. The van der Waals surface area contributed by atoms with Crippen molar-refractivity contribution in [2.75, 3.05) is 26.2 Å². The maximum Gasteiger partial charge on any atom is 0.182 e. The van der Waals surface area contributed by atoms with Crippen molar-refractivity contribution in [3.8, 4) is 0 Å². The second-order valence-electron chi connectivity index (χ2n) is 3.18. The molecule has 0 saturated heterocycles. The highest BCUT2D eigenvalue weighted by Crippen LogP contribution is 2.07. The van der Waals surface area contributed by atoms with Gasteiger partial charge in [0.15, 0.2) is 6.29 Å². The van der Waals surface area contributed by atoms with Gasteiger partial charge in [0.25, 0.3) is 0 Å². The Kier molecular flexibility index (Phi) is 6.26. The first-order valence-electron chi connectivity index (χ1n) is 4.32. The number of hydrogen-bond donors (Lipinski definition) is 1. The van der Waals surface area contributed by atoms with Crippen LogP contribution in [0.5, 0.6) is 0 Å². The van der Waals surface area contributed by atoms with Crippen molar-refractivity contribution in [2.45, 2.75) is 25.2 Å². The van der Waals surface area contributed by atoms with Gasteiger partial charge in [0.1, 0.15) is 15.9 Å². The zero-order chi connectivity index (χ0) is 11.2. The number of rotatable bonds is 7. The van der Waals surface area contributed by atoms with Crippen molar-refractivity contribution in [3.63, 3.8) is 0 Å². The molecule has 0 bridgehead atoms. The molecule has 0 aromatic rings. The standard InChI is InChI=1S/C8H18O5S/c1-12-8(13-2)7(9)5-4-6-14(3,10)11/h7-9H,4-6H2,1-3H3. The van der Waals surface area contributed by atoms with E-state index in [2.05, 4.69) is 0 Å². The van der Waals surface area contributed by atoms with Gasteiger partial charge in [-0.05, 0) is 12.8 Å². The Labute approximate surface area is 84.9 Å². The fourth-order valence-corrected chi connectivity index (χ4v) is 1.79. The fourth-order valence-electron chi connectivity index (χ4n) is 1.10. The van der Waals surface area contributed by atoms with E-state index in [0.717, 1.165) is 0 Å². The van der Waals surface area contributed by atoms with E-state index >= 15 is 0 Å². The number of aliphatic hydroxyl groups excluding tert-OH is 1. The number of hydrogen-bond acceptors (Lipinski definition) is 5. The Bertz CT molecular complexity index is 232. The molecule has 1 unspecified atom stereocenters. The van der Waals surface area contributed by atoms with Gasteiger partial charge in [-0.1, -0.05) is 0 Å². The monoisotopic (exact) mass is 226 g/mol. The topological polar surface area (TPSA) is 72.8 Å². The minimum absolute atomic E-state index is 0.0736. The van der Waals surface area contributed by atoms with Crippen LogP contribution in [0.2, 0.25) is 0 Å². The predicted molar refractivity (Wildman–Crippen MR) is 52.8 cm³/mol. The van der Waals surface area contributed by atoms with E-state index in [-0.39, 0.29) is 5.75 Å². The van der Waals surface area contributed by atoms with E-state index < -0.39 is 22.2 Å². The zero-order valence-corrected chi connectivity index (χ0v) is 9.58. The Morgan fingerprint density at radius 2 is 1.79 bits per heavy atom. The molecule has 0 fully saturated rings. The van der Waals surface area contributed by atoms with Gasteiger partial charge in [0, 0.05) is 26.2 Å². The molecule has 14 heavy (non-hydrogen) atoms. The van der Waals surface area contributed by atoms with Crippen LogP contribution >= 0.6 is 0 Å². The largest absolute Gasteiger partial charge is 0.388 e. The Morgan fingerprint density at radius 3 is 2.14 bits per heavy atom. The maximum atomic E-state index is 10.8. The quantitative estimate of drug-likeness (QED) is 0.608. The van der Waals surface area contributed by atoms with Crippen molar-refractivity contribution in [3.05, 3.63) is 0 Å². The lowest BCUT2D eigenvalue weighted by Crippen LogP contribution is -2.30. The number of sulfone groups is 1. The third-order valence-corrected chi connectivity index (χ3v) is 2.82. The van der Waals surface area contributed by atoms with Crippen LogP contribution in [0.3, 0.4) is 0 Å². The molecule has 1 N–H and O–H groups in total. The van der Waals surface area contributed by atoms with E-state index in [9.17, 15) is 13.5 Å². The van der Waals surface area contributed by atoms with Crippen LogP contribution in [0, 0.1) is 0 Å². The molecule has 0 aromatic carbocycles. The number of ether oxygens (including phenoxy) is 2. The lowest BCUT2D eigenvalue weighted by atomic mass is 10.2. The molecule has 6 heteroatoms. The first-order valence-corrected chi connectivity index (χ1v) is 6.38. The Hall–Kier alpha value is -0.170. The van der Waals surface area contributed by atoms with Gasteiger partial charge in [-0.15, -0.1) is 0 Å². The summed E-state index contributed by atoms with van der Waals surface area (Å²) >= 11 is 0. The number of methoxy groups -OCH3 is 2. The summed E-state index contributed by atoms with van der Waals surface area (Å²) in [6.07, 6.45) is 0.452. The summed E-state index contributed by atoms with van der Waals surface area (Å²) in [4.78, 5) is 0. The predicted octanol–water partition coefficient (Wildman–Crippen LogP) is -0.209. The molecule has 0 aliphatic heterocycles. The van der Waals surface area contributed by atoms with Gasteiger partial charge in [-0.3, -0.25) is 0 Å². The Morgan fingerprint density at radius 1 is 1.29 bits per heavy atom. The van der Waals surface area contributed by atoms with Gasteiger partial charge in [-0.25, -0.2) is 8.42 Å². The SMILES string of the molecule is COC(OC)C(O)CCCS(C)(=O)=O. The van der Waals surface area contributed by atoms with E-state index in [1.807, 2.05) is 0 Å². The maximum absolute atomic E-state index is 10.8. The minimum atomic E-state index is -2.95. The van der Waals surface area contributed by atoms with E-state index in [1.165, 1.54) is 20.5 Å². The fraction of sp³-hybridized carbons (Fsp3) is 1.00. The van der Waals surface area contributed by atoms with Crippen molar-refractivity contribution in [2.24, 2.45) is 0 Å². The summed E-state index contributed by atoms with van der Waals surface area (Å²) in [5.74, 6) is 0.0736. The smallest absolute Gasteiger partial charge is 0.182 e. The van der Waals surface area contributed by atoms with Crippen molar-refractivity contribution >= 4 is 9.84 Å². The molecule has 86 valence electrons. The molecular formula is C8H18O5S. The molecule has 0 aliphatic carbocycles. The van der Waals surface area contributed by atoms with E-state index in [1.54, 1.807) is 0 Å². The van der Waals surface area contributed by atoms with Crippen LogP contribution in [0.15, 0.2) is 0 Å². The van der Waals surface area contributed by atoms with Gasteiger partial charge in [-0.2, -0.15) is 0 Å². The van der Waals surface area contributed by atoms with Crippen LogP contribution in [-0.4, -0.2) is 52.1 Å². The van der Waals surface area contributed by atoms with Crippen molar-refractivity contribution in [1.29, 1.82) is 0 Å². The molecule has 0 rings (SSSR count). The van der Waals surface area contributed by atoms with Crippen molar-refractivity contribution < 1.29 is 23.0 Å². The van der Waals surface area contributed by atoms with Crippen LogP contribution in [0.4, 0.5) is 0 Å². The molecule has 0 saturated carbocycles. The molecule has 0 heterocycles. The summed E-state index contributed by atoms with van der Waals surface area (Å²) in [6.45, 7) is 0. The highest BCUT2D eigenvalue weighted by Gasteiger charge is 2.17. The third-order valence-electron chi connectivity index (χ3n) is 1.79. The summed E-state index contributed by atoms with van der Waals surface area (Å²) in [6, 6.07) is 0. The molecular weight excluding hydrogens is 208 g/mol. The van der Waals surface area contributed by atoms with Crippen LogP contribution in [0.1, 0.15) is 12.8 Å². The first-order chi connectivity index (χ1) is 6.40. The number of aliphatic hydroxyl groups is 1. The highest BCUT2D eigenvalue weighted by molar-refractivity contribution is 7.90. The second kappa shape index (κ2) is 6.34. The van der Waals surface area contributed by atoms with E-state index in [0.29, 0.717) is 12.8 Å². The summed E-state index contributed by atoms with van der Waals surface area (Å²) in [5.41, 5.74) is 0. The molecule has 0 radical (unpaired) electrons. The van der Waals surface area contributed by atoms with Gasteiger partial charge >= 0.3 is 0 Å². The summed E-state index contributed by atoms with van der Waals surface area (Å²) in [7, 11) is -0.103. The highest BCUT2D eigenvalue weighted by atomic mass is 32.2. The second-order valence-corrected chi connectivity index (χ2v) is 5.44. The lowest BCUT2D eigenvalue weighted by molar-refractivity contribution is -0.165. The van der Waals surface area contributed by atoms with Gasteiger partial charge in [0.2, 0.25) is 0 Å². The first kappa shape index (κ1) is 13.8. The summed E-state index contributed by atoms with van der Waals surface area (Å²) in [5, 5.41) is 9.46. The van der Waals surface area contributed by atoms with Gasteiger partial charge < -0.3 is 14.6 Å². The van der Waals surface area contributed by atoms with Gasteiger partial charge in [0.05, 0.1) is 0 Å². The molecule has 1 atom stereocenters. The molecule has 5 nitrogen and oxygen atoms in total. The minimum Gasteiger partial charge on any atom is -0.388 e. The van der Waals surface area contributed by atoms with Crippen molar-refractivity contribution in [1.82, 2.24) is 0 Å². The van der Waals surface area contributed by atoms with E-state index in [4.69, 9.17) is 9.47 Å². The molecule has 0 amide bonds.